The fourth-order valence-corrected chi connectivity index (χ4v) is 4.45. The van der Waals surface area contributed by atoms with Gasteiger partial charge in [0.1, 0.15) is 29.8 Å². The number of amides is 2. The van der Waals surface area contributed by atoms with Crippen molar-refractivity contribution in [2.24, 2.45) is 0 Å². The van der Waals surface area contributed by atoms with Gasteiger partial charge in [-0.1, -0.05) is 12.1 Å². The van der Waals surface area contributed by atoms with Crippen LogP contribution in [0.1, 0.15) is 33.3 Å². The summed E-state index contributed by atoms with van der Waals surface area (Å²) in [6.07, 6.45) is 0.876. The smallest absolute Gasteiger partial charge is 0.271 e. The summed E-state index contributed by atoms with van der Waals surface area (Å²) in [4.78, 5) is 38.7. The van der Waals surface area contributed by atoms with E-state index < -0.39 is 44.9 Å². The highest BCUT2D eigenvalue weighted by molar-refractivity contribution is 7.92. The number of hydrogen-bond acceptors (Lipinski definition) is 8. The molecule has 0 saturated carbocycles. The fraction of sp³-hybridized carbons (Fsp3) is 0.440. The van der Waals surface area contributed by atoms with Crippen molar-refractivity contribution in [1.29, 1.82) is 0 Å². The van der Waals surface area contributed by atoms with E-state index in [4.69, 9.17) is 9.47 Å². The average Bonchev–Trinajstić information content (AvgIpc) is 2.83. The largest absolute Gasteiger partial charge is 0.497 e. The molecule has 0 heterocycles. The number of sulfonamides is 1. The molecule has 38 heavy (non-hydrogen) atoms. The number of carbonyl (C=O) groups excluding carboxylic acids is 2. The second-order valence-electron chi connectivity index (χ2n) is 9.67. The number of ether oxygens (including phenoxy) is 2. The number of nitro groups is 1. The Morgan fingerprint density at radius 3 is 2.29 bits per heavy atom. The normalized spacial score (nSPS) is 12.3. The standard InChI is InChI=1S/C25H34N4O8S/c1-17(24(31)26-25(2,3)4)27(15-18-9-8-10-20(13-18)36-5)23(30)16-28(38(7,34)35)21-14-19(29(32)33)11-12-22(21)37-6/h8-14,17H,15-16H2,1-7H3,(H,26,31)/t17-/m0/s1. The van der Waals surface area contributed by atoms with E-state index in [9.17, 15) is 28.1 Å². The Kier molecular flexibility index (Phi) is 9.68. The Hall–Kier alpha value is -3.87. The van der Waals surface area contributed by atoms with Gasteiger partial charge in [-0.25, -0.2) is 8.42 Å². The van der Waals surface area contributed by atoms with Crippen molar-refractivity contribution in [2.45, 2.75) is 45.8 Å². The van der Waals surface area contributed by atoms with Crippen LogP contribution in [0.25, 0.3) is 0 Å². The predicted molar refractivity (Wildman–Crippen MR) is 143 cm³/mol. The van der Waals surface area contributed by atoms with Crippen molar-refractivity contribution in [2.75, 3.05) is 31.3 Å². The van der Waals surface area contributed by atoms with Gasteiger partial charge in [-0.3, -0.25) is 24.0 Å². The Labute approximate surface area is 222 Å². The zero-order valence-electron chi connectivity index (χ0n) is 22.5. The number of nitro benzene ring substituents is 1. The molecule has 2 aromatic carbocycles. The first-order valence-electron chi connectivity index (χ1n) is 11.6. The number of nitrogens with one attached hydrogen (secondary N) is 1. The van der Waals surface area contributed by atoms with Gasteiger partial charge in [-0.2, -0.15) is 0 Å². The number of carbonyl (C=O) groups is 2. The van der Waals surface area contributed by atoms with Gasteiger partial charge in [0.05, 0.1) is 25.4 Å². The molecule has 13 heteroatoms. The Bertz CT molecular complexity index is 1290. The first kappa shape index (κ1) is 30.4. The van der Waals surface area contributed by atoms with E-state index in [1.165, 1.54) is 38.2 Å². The summed E-state index contributed by atoms with van der Waals surface area (Å²) >= 11 is 0. The maximum absolute atomic E-state index is 13.7. The van der Waals surface area contributed by atoms with Gasteiger partial charge in [0.2, 0.25) is 21.8 Å². The number of anilines is 1. The predicted octanol–water partition coefficient (Wildman–Crippen LogP) is 2.71. The third kappa shape index (κ3) is 8.07. The van der Waals surface area contributed by atoms with Crippen molar-refractivity contribution in [1.82, 2.24) is 10.2 Å². The van der Waals surface area contributed by atoms with E-state index in [2.05, 4.69) is 5.32 Å². The molecule has 1 N–H and O–H groups in total. The van der Waals surface area contributed by atoms with E-state index >= 15 is 0 Å². The van der Waals surface area contributed by atoms with Crippen molar-refractivity contribution in [3.63, 3.8) is 0 Å². The summed E-state index contributed by atoms with van der Waals surface area (Å²) in [7, 11) is -1.34. The van der Waals surface area contributed by atoms with E-state index in [-0.39, 0.29) is 23.7 Å². The summed E-state index contributed by atoms with van der Waals surface area (Å²) in [6.45, 7) is 6.17. The van der Waals surface area contributed by atoms with Crippen molar-refractivity contribution in [3.8, 4) is 11.5 Å². The minimum absolute atomic E-state index is 0.0201. The van der Waals surface area contributed by atoms with E-state index in [0.29, 0.717) is 11.3 Å². The molecule has 0 spiro atoms. The molecule has 2 aromatic rings. The highest BCUT2D eigenvalue weighted by Gasteiger charge is 2.33. The number of non-ortho nitro benzene ring substituents is 1. The maximum Gasteiger partial charge on any atom is 0.271 e. The molecule has 0 aliphatic heterocycles. The monoisotopic (exact) mass is 550 g/mol. The van der Waals surface area contributed by atoms with Crippen LogP contribution in [0.4, 0.5) is 11.4 Å². The van der Waals surface area contributed by atoms with Crippen LogP contribution < -0.4 is 19.1 Å². The summed E-state index contributed by atoms with van der Waals surface area (Å²) in [5, 5.41) is 14.2. The van der Waals surface area contributed by atoms with Crippen LogP contribution in [-0.2, 0) is 26.2 Å². The van der Waals surface area contributed by atoms with Crippen molar-refractivity contribution in [3.05, 3.63) is 58.1 Å². The molecule has 2 amide bonds. The SMILES string of the molecule is COc1cccc(CN(C(=O)CN(c2cc([N+](=O)[O-])ccc2OC)S(C)(=O)=O)[C@@H](C)C(=O)NC(C)(C)C)c1. The lowest BCUT2D eigenvalue weighted by atomic mass is 10.1. The molecule has 0 aliphatic carbocycles. The molecule has 0 aliphatic rings. The van der Waals surface area contributed by atoms with Gasteiger partial charge >= 0.3 is 0 Å². The lowest BCUT2D eigenvalue weighted by Crippen LogP contribution is -2.54. The van der Waals surface area contributed by atoms with Gasteiger partial charge < -0.3 is 19.7 Å². The van der Waals surface area contributed by atoms with Crippen LogP contribution in [0.15, 0.2) is 42.5 Å². The highest BCUT2D eigenvalue weighted by Crippen LogP contribution is 2.34. The van der Waals surface area contributed by atoms with E-state index in [1.54, 1.807) is 45.0 Å². The van der Waals surface area contributed by atoms with Crippen LogP contribution in [-0.4, -0.2) is 68.7 Å². The zero-order chi connectivity index (χ0) is 28.8. The third-order valence-electron chi connectivity index (χ3n) is 5.47. The zero-order valence-corrected chi connectivity index (χ0v) is 23.4. The number of nitrogens with zero attached hydrogens (tertiary/aromatic N) is 3. The second kappa shape index (κ2) is 12.1. The minimum Gasteiger partial charge on any atom is -0.497 e. The Morgan fingerprint density at radius 1 is 1.11 bits per heavy atom. The molecular formula is C25H34N4O8S. The van der Waals surface area contributed by atoms with Crippen LogP contribution in [0.5, 0.6) is 11.5 Å². The summed E-state index contributed by atoms with van der Waals surface area (Å²) in [5.74, 6) is -0.580. The Morgan fingerprint density at radius 2 is 1.76 bits per heavy atom. The number of methoxy groups -OCH3 is 2. The maximum atomic E-state index is 13.7. The fourth-order valence-electron chi connectivity index (χ4n) is 3.61. The second-order valence-corrected chi connectivity index (χ2v) is 11.6. The quantitative estimate of drug-likeness (QED) is 0.332. The minimum atomic E-state index is -4.12. The van der Waals surface area contributed by atoms with E-state index in [0.717, 1.165) is 16.6 Å². The summed E-state index contributed by atoms with van der Waals surface area (Å²) in [5.41, 5.74) is -0.490. The highest BCUT2D eigenvalue weighted by atomic mass is 32.2. The summed E-state index contributed by atoms with van der Waals surface area (Å²) in [6, 6.07) is 9.36. The van der Waals surface area contributed by atoms with Crippen LogP contribution >= 0.6 is 0 Å². The van der Waals surface area contributed by atoms with Gasteiger partial charge in [0.25, 0.3) is 5.69 Å². The average molecular weight is 551 g/mol. The van der Waals surface area contributed by atoms with Gasteiger partial charge in [0.15, 0.2) is 0 Å². The van der Waals surface area contributed by atoms with Gasteiger partial charge in [0, 0.05) is 24.2 Å². The van der Waals surface area contributed by atoms with Crippen molar-refractivity contribution >= 4 is 33.2 Å². The van der Waals surface area contributed by atoms with Crippen LogP contribution in [0.2, 0.25) is 0 Å². The van der Waals surface area contributed by atoms with Crippen molar-refractivity contribution < 1.29 is 32.4 Å². The first-order valence-corrected chi connectivity index (χ1v) is 13.5. The molecule has 0 unspecified atom stereocenters. The molecule has 0 saturated heterocycles. The number of rotatable bonds is 11. The number of hydrogen-bond donors (Lipinski definition) is 1. The molecule has 0 aromatic heterocycles. The molecule has 0 radical (unpaired) electrons. The molecule has 0 fully saturated rings. The van der Waals surface area contributed by atoms with E-state index in [1.807, 2.05) is 0 Å². The summed E-state index contributed by atoms with van der Waals surface area (Å²) < 4.78 is 36.8. The topological polar surface area (TPSA) is 148 Å². The number of benzene rings is 2. The molecule has 0 bridgehead atoms. The van der Waals surface area contributed by atoms with Crippen LogP contribution in [0.3, 0.4) is 0 Å². The third-order valence-corrected chi connectivity index (χ3v) is 6.60. The lowest BCUT2D eigenvalue weighted by molar-refractivity contribution is -0.384. The lowest BCUT2D eigenvalue weighted by Gasteiger charge is -2.33. The van der Waals surface area contributed by atoms with Crippen LogP contribution in [0, 0.1) is 10.1 Å². The van der Waals surface area contributed by atoms with Gasteiger partial charge in [-0.15, -0.1) is 0 Å². The molecule has 208 valence electrons. The molecule has 2 rings (SSSR count). The molecular weight excluding hydrogens is 516 g/mol. The van der Waals surface area contributed by atoms with Gasteiger partial charge in [-0.05, 0) is 51.5 Å². The molecule has 1 atom stereocenters. The first-order chi connectivity index (χ1) is 17.6. The Balaban J connectivity index is 2.54. The molecule has 12 nitrogen and oxygen atoms in total.